The lowest BCUT2D eigenvalue weighted by atomic mass is 9.99. The van der Waals surface area contributed by atoms with Crippen LogP contribution in [0.25, 0.3) is 33.3 Å². The summed E-state index contributed by atoms with van der Waals surface area (Å²) in [4.78, 5) is 12.2. The average Bonchev–Trinajstić information content (AvgIpc) is 3.27. The highest BCUT2D eigenvalue weighted by Gasteiger charge is 2.22. The van der Waals surface area contributed by atoms with Crippen LogP contribution in [0.2, 0.25) is 0 Å². The molecule has 1 aliphatic rings. The van der Waals surface area contributed by atoms with Gasteiger partial charge in [0.05, 0.1) is 23.1 Å². The zero-order chi connectivity index (χ0) is 21.7. The highest BCUT2D eigenvalue weighted by Crippen LogP contribution is 2.39. The van der Waals surface area contributed by atoms with Crippen LogP contribution in [0.5, 0.6) is 0 Å². The number of carbonyl (C=O) groups is 1. The van der Waals surface area contributed by atoms with E-state index in [4.69, 9.17) is 5.10 Å². The minimum Gasteiger partial charge on any atom is -0.380 e. The van der Waals surface area contributed by atoms with Crippen LogP contribution >= 0.6 is 0 Å². The minimum atomic E-state index is 0.0309. The Bertz CT molecular complexity index is 1300. The van der Waals surface area contributed by atoms with Crippen molar-refractivity contribution in [2.75, 3.05) is 10.6 Å². The third-order valence-corrected chi connectivity index (χ3v) is 5.71. The Hall–Kier alpha value is -3.61. The molecule has 3 heterocycles. The van der Waals surface area contributed by atoms with E-state index in [0.29, 0.717) is 6.42 Å². The SMILES string of the molecule is CC1CC(=O)Nc2cccc(-c3ccc4c(c3)c(-c3cnn(C)c3)nn4C(C)C)c2N1. The number of para-hydroxylation sites is 1. The first-order chi connectivity index (χ1) is 14.9. The molecular weight excluding hydrogens is 388 g/mol. The Kier molecular flexibility index (Phi) is 4.54. The first-order valence-electron chi connectivity index (χ1n) is 10.6. The van der Waals surface area contributed by atoms with Crippen LogP contribution in [0.15, 0.2) is 48.8 Å². The van der Waals surface area contributed by atoms with Crippen LogP contribution in [-0.4, -0.2) is 31.5 Å². The Morgan fingerprint density at radius 1 is 1.16 bits per heavy atom. The van der Waals surface area contributed by atoms with Gasteiger partial charge in [0.15, 0.2) is 0 Å². The summed E-state index contributed by atoms with van der Waals surface area (Å²) in [6, 6.07) is 12.8. The number of benzene rings is 2. The van der Waals surface area contributed by atoms with Crippen LogP contribution < -0.4 is 10.6 Å². The highest BCUT2D eigenvalue weighted by molar-refractivity contribution is 6.02. The second-order valence-electron chi connectivity index (χ2n) is 8.55. The lowest BCUT2D eigenvalue weighted by Crippen LogP contribution is -2.19. The molecule has 2 aromatic heterocycles. The molecule has 1 unspecified atom stereocenters. The van der Waals surface area contributed by atoms with Gasteiger partial charge in [-0.3, -0.25) is 14.2 Å². The number of nitrogens with one attached hydrogen (secondary N) is 2. The third-order valence-electron chi connectivity index (χ3n) is 5.71. The van der Waals surface area contributed by atoms with Crippen LogP contribution in [0.4, 0.5) is 11.4 Å². The predicted octanol–water partition coefficient (Wildman–Crippen LogP) is 4.83. The zero-order valence-corrected chi connectivity index (χ0v) is 18.2. The number of rotatable bonds is 3. The van der Waals surface area contributed by atoms with Crippen LogP contribution in [0.3, 0.4) is 0 Å². The number of aryl methyl sites for hydroxylation is 1. The maximum absolute atomic E-state index is 12.2. The zero-order valence-electron chi connectivity index (χ0n) is 18.2. The minimum absolute atomic E-state index is 0.0309. The standard InChI is InChI=1S/C24H26N6O/c1-14(2)30-21-9-8-16(11-19(21)23(28-30)17-12-25-29(4)13-17)18-6-5-7-20-24(18)26-15(3)10-22(31)27-20/h5-9,11-15,26H,10H2,1-4H3,(H,27,31). The molecule has 7 heteroatoms. The maximum Gasteiger partial charge on any atom is 0.226 e. The molecule has 0 bridgehead atoms. The number of amides is 1. The molecular formula is C24H26N6O. The number of nitrogens with zero attached hydrogens (tertiary/aromatic N) is 4. The molecule has 7 nitrogen and oxygen atoms in total. The summed E-state index contributed by atoms with van der Waals surface area (Å²) in [5.41, 5.74) is 6.92. The summed E-state index contributed by atoms with van der Waals surface area (Å²) in [6.07, 6.45) is 4.29. The summed E-state index contributed by atoms with van der Waals surface area (Å²) >= 11 is 0. The molecule has 2 N–H and O–H groups in total. The van der Waals surface area contributed by atoms with Gasteiger partial charge >= 0.3 is 0 Å². The molecule has 158 valence electrons. The topological polar surface area (TPSA) is 76.8 Å². The maximum atomic E-state index is 12.2. The van der Waals surface area contributed by atoms with Crippen LogP contribution in [0, 0.1) is 0 Å². The number of anilines is 2. The van der Waals surface area contributed by atoms with Crippen molar-refractivity contribution in [1.29, 1.82) is 0 Å². The number of hydrogen-bond donors (Lipinski definition) is 2. The van der Waals surface area contributed by atoms with Gasteiger partial charge < -0.3 is 10.6 Å². The van der Waals surface area contributed by atoms with E-state index in [2.05, 4.69) is 58.5 Å². The van der Waals surface area contributed by atoms with Gasteiger partial charge in [-0.15, -0.1) is 0 Å². The molecule has 1 amide bonds. The number of hydrogen-bond acceptors (Lipinski definition) is 4. The van der Waals surface area contributed by atoms with Crippen LogP contribution in [-0.2, 0) is 11.8 Å². The van der Waals surface area contributed by atoms with E-state index < -0.39 is 0 Å². The summed E-state index contributed by atoms with van der Waals surface area (Å²) in [6.45, 7) is 6.30. The normalized spacial score (nSPS) is 16.2. The van der Waals surface area contributed by atoms with E-state index in [0.717, 1.165) is 44.7 Å². The molecule has 0 spiro atoms. The molecule has 31 heavy (non-hydrogen) atoms. The van der Waals surface area contributed by atoms with Gasteiger partial charge in [0, 0.05) is 48.3 Å². The van der Waals surface area contributed by atoms with E-state index in [1.165, 1.54) is 0 Å². The molecule has 1 aliphatic heterocycles. The average molecular weight is 415 g/mol. The van der Waals surface area contributed by atoms with Gasteiger partial charge in [0.1, 0.15) is 5.69 Å². The Balaban J connectivity index is 1.71. The van der Waals surface area contributed by atoms with Crippen molar-refractivity contribution in [1.82, 2.24) is 19.6 Å². The smallest absolute Gasteiger partial charge is 0.226 e. The van der Waals surface area contributed by atoms with Gasteiger partial charge in [-0.2, -0.15) is 10.2 Å². The van der Waals surface area contributed by atoms with E-state index in [9.17, 15) is 4.79 Å². The molecule has 2 aromatic carbocycles. The van der Waals surface area contributed by atoms with E-state index >= 15 is 0 Å². The van der Waals surface area contributed by atoms with Gasteiger partial charge in [0.25, 0.3) is 0 Å². The fourth-order valence-corrected chi connectivity index (χ4v) is 4.29. The van der Waals surface area contributed by atoms with E-state index in [1.807, 2.05) is 38.5 Å². The molecule has 5 rings (SSSR count). The van der Waals surface area contributed by atoms with Crippen molar-refractivity contribution in [3.8, 4) is 22.4 Å². The lowest BCUT2D eigenvalue weighted by molar-refractivity contribution is -0.116. The first-order valence-corrected chi connectivity index (χ1v) is 10.6. The quantitative estimate of drug-likeness (QED) is 0.504. The largest absolute Gasteiger partial charge is 0.380 e. The van der Waals surface area contributed by atoms with Gasteiger partial charge in [-0.05, 0) is 44.5 Å². The first kappa shape index (κ1) is 19.4. The highest BCUT2D eigenvalue weighted by atomic mass is 16.1. The molecule has 0 aliphatic carbocycles. The summed E-state index contributed by atoms with van der Waals surface area (Å²) in [7, 11) is 1.91. The van der Waals surface area contributed by atoms with Gasteiger partial charge in [-0.25, -0.2) is 0 Å². The van der Waals surface area contributed by atoms with Gasteiger partial charge in [0.2, 0.25) is 5.91 Å². The second-order valence-corrected chi connectivity index (χ2v) is 8.55. The Morgan fingerprint density at radius 3 is 2.74 bits per heavy atom. The summed E-state index contributed by atoms with van der Waals surface area (Å²) < 4.78 is 3.86. The van der Waals surface area contributed by atoms with E-state index in [-0.39, 0.29) is 18.0 Å². The van der Waals surface area contributed by atoms with Crippen LogP contribution in [0.1, 0.15) is 33.2 Å². The molecule has 0 saturated heterocycles. The summed E-state index contributed by atoms with van der Waals surface area (Å²) in [5.74, 6) is 0.0309. The van der Waals surface area contributed by atoms with Gasteiger partial charge in [-0.1, -0.05) is 18.2 Å². The molecule has 0 fully saturated rings. The fourth-order valence-electron chi connectivity index (χ4n) is 4.29. The van der Waals surface area contributed by atoms with Crippen molar-refractivity contribution in [2.24, 2.45) is 7.05 Å². The van der Waals surface area contributed by atoms with Crippen molar-refractivity contribution in [3.63, 3.8) is 0 Å². The molecule has 0 saturated carbocycles. The Morgan fingerprint density at radius 2 is 2.00 bits per heavy atom. The number of fused-ring (bicyclic) bond motifs is 2. The monoisotopic (exact) mass is 414 g/mol. The number of aromatic nitrogens is 4. The predicted molar refractivity (Wildman–Crippen MR) is 124 cm³/mol. The fraction of sp³-hybridized carbons (Fsp3) is 0.292. The second kappa shape index (κ2) is 7.27. The molecule has 1 atom stereocenters. The van der Waals surface area contributed by atoms with Crippen molar-refractivity contribution >= 4 is 28.2 Å². The molecule has 0 radical (unpaired) electrons. The van der Waals surface area contributed by atoms with E-state index in [1.54, 1.807) is 4.68 Å². The third kappa shape index (κ3) is 3.36. The molecule has 4 aromatic rings. The van der Waals surface area contributed by atoms with Crippen molar-refractivity contribution < 1.29 is 4.79 Å². The van der Waals surface area contributed by atoms with Crippen molar-refractivity contribution in [2.45, 2.75) is 39.3 Å². The number of carbonyl (C=O) groups excluding carboxylic acids is 1. The summed E-state index contributed by atoms with van der Waals surface area (Å²) in [5, 5.41) is 16.9. The van der Waals surface area contributed by atoms with Crippen molar-refractivity contribution in [3.05, 3.63) is 48.8 Å². The lowest BCUT2D eigenvalue weighted by Gasteiger charge is -2.17. The Labute approximate surface area is 181 Å².